The zero-order chi connectivity index (χ0) is 13.9. The van der Waals surface area contributed by atoms with Crippen LogP contribution in [0.25, 0.3) is 0 Å². The topological polar surface area (TPSA) is 0 Å². The third-order valence-corrected chi connectivity index (χ3v) is 6.82. The van der Waals surface area contributed by atoms with Gasteiger partial charge in [-0.25, -0.2) is 0 Å². The molecule has 0 saturated carbocycles. The second kappa shape index (κ2) is 24.1. The Balaban J connectivity index is 0. The van der Waals surface area contributed by atoms with Gasteiger partial charge in [0.1, 0.15) is 0 Å². The van der Waals surface area contributed by atoms with E-state index in [1.165, 1.54) is 46.0 Å². The molecule has 0 aliphatic rings. The third-order valence-electron chi connectivity index (χ3n) is 1.61. The lowest BCUT2D eigenvalue weighted by molar-refractivity contribution is 1.45. The molecule has 0 nitrogen and oxygen atoms in total. The lowest BCUT2D eigenvalue weighted by Crippen LogP contribution is -1.93. The first-order chi connectivity index (χ1) is 8.83. The predicted molar refractivity (Wildman–Crippen MR) is 108 cm³/mol. The lowest BCUT2D eigenvalue weighted by Gasteiger charge is -2.02. The molecule has 18 heavy (non-hydrogen) atoms. The first-order valence-electron chi connectivity index (χ1n) is 5.94. The van der Waals surface area contributed by atoms with Gasteiger partial charge in [-0.05, 0) is 25.0 Å². The zero-order valence-electron chi connectivity index (χ0n) is 12.1. The molecule has 0 bridgehead atoms. The van der Waals surface area contributed by atoms with Gasteiger partial charge >= 0.3 is 0 Å². The van der Waals surface area contributed by atoms with Crippen LogP contribution in [0.15, 0.2) is 0 Å². The van der Waals surface area contributed by atoms with Crippen molar-refractivity contribution >= 4 is 70.6 Å². The Hall–Kier alpha value is 2.10. The molecular weight excluding hydrogens is 337 g/mol. The van der Waals surface area contributed by atoms with E-state index in [1.807, 2.05) is 36.0 Å². The minimum absolute atomic E-state index is 1.31. The highest BCUT2D eigenvalue weighted by atomic mass is 32.2. The highest BCUT2D eigenvalue weighted by Gasteiger charge is 1.92. The van der Waals surface area contributed by atoms with Gasteiger partial charge < -0.3 is 0 Å². The molecule has 0 N–H and O–H groups in total. The van der Waals surface area contributed by atoms with E-state index in [0.29, 0.717) is 0 Å². The number of hydrogen-bond acceptors (Lipinski definition) is 6. The minimum Gasteiger partial charge on any atom is -0.169 e. The summed E-state index contributed by atoms with van der Waals surface area (Å²) in [5.74, 6) is 10.6. The van der Waals surface area contributed by atoms with Crippen LogP contribution in [0.1, 0.15) is 0 Å². The molecule has 0 fully saturated rings. The van der Waals surface area contributed by atoms with E-state index in [1.54, 1.807) is 11.8 Å². The van der Waals surface area contributed by atoms with Crippen LogP contribution < -0.4 is 0 Å². The number of rotatable bonds is 12. The van der Waals surface area contributed by atoms with Gasteiger partial charge in [0.05, 0.1) is 0 Å². The normalized spacial score (nSPS) is 10.0. The second-order valence-electron chi connectivity index (χ2n) is 3.23. The van der Waals surface area contributed by atoms with Crippen LogP contribution in [0.3, 0.4) is 0 Å². The van der Waals surface area contributed by atoms with Crippen molar-refractivity contribution in [2.45, 2.75) is 0 Å². The van der Waals surface area contributed by atoms with Crippen molar-refractivity contribution in [2.75, 3.05) is 71.0 Å². The quantitative estimate of drug-likeness (QED) is 0.449. The average molecular weight is 365 g/mol. The minimum atomic E-state index is 1.31. The number of thioether (sulfide) groups is 6. The molecule has 0 unspecified atom stereocenters. The highest BCUT2D eigenvalue weighted by molar-refractivity contribution is 8.05. The highest BCUT2D eigenvalue weighted by Crippen LogP contribution is 2.11. The maximum Gasteiger partial charge on any atom is 0.00238 e. The molecule has 0 rings (SSSR count). The Labute approximate surface area is 140 Å². The second-order valence-corrected chi connectivity index (χ2v) is 9.69. The van der Waals surface area contributed by atoms with Crippen molar-refractivity contribution < 1.29 is 0 Å². The summed E-state index contributed by atoms with van der Waals surface area (Å²) in [5, 5.41) is 0. The summed E-state index contributed by atoms with van der Waals surface area (Å²) in [6, 6.07) is 0. The van der Waals surface area contributed by atoms with Gasteiger partial charge in [-0.1, -0.05) is 0 Å². The van der Waals surface area contributed by atoms with Gasteiger partial charge in [0.2, 0.25) is 0 Å². The summed E-state index contributed by atoms with van der Waals surface area (Å²) in [6.45, 7) is 0. The fourth-order valence-electron chi connectivity index (χ4n) is 0.826. The molecule has 0 aliphatic heterocycles. The maximum absolute atomic E-state index is 2.18. The smallest absolute Gasteiger partial charge is 0.00238 e. The van der Waals surface area contributed by atoms with Crippen molar-refractivity contribution in [1.29, 1.82) is 0 Å². The molecule has 0 heterocycles. The van der Waals surface area contributed by atoms with Crippen molar-refractivity contribution in [1.82, 2.24) is 0 Å². The molecular formula is C12H28S6. The Morgan fingerprint density at radius 3 is 0.889 bits per heavy atom. The van der Waals surface area contributed by atoms with Crippen molar-refractivity contribution in [3.05, 3.63) is 0 Å². The van der Waals surface area contributed by atoms with Crippen molar-refractivity contribution in [3.63, 3.8) is 0 Å². The van der Waals surface area contributed by atoms with E-state index < -0.39 is 0 Å². The Morgan fingerprint density at radius 1 is 0.444 bits per heavy atom. The summed E-state index contributed by atoms with van der Waals surface area (Å²) in [6.07, 6.45) is 8.45. The Kier molecular flexibility index (Phi) is 30.0. The largest absolute Gasteiger partial charge is 0.169 e. The fourth-order valence-corrected chi connectivity index (χ4v) is 5.60. The van der Waals surface area contributed by atoms with Gasteiger partial charge in [0, 0.05) is 46.0 Å². The molecule has 0 aromatic heterocycles. The monoisotopic (exact) mass is 364 g/mol. The molecule has 0 amide bonds. The summed E-state index contributed by atoms with van der Waals surface area (Å²) in [4.78, 5) is 0. The fraction of sp³-hybridized carbons (Fsp3) is 1.00. The standard InChI is InChI=1S/C10H22S5.C2H6S/c1-11-3-5-13-7-9-15-10-8-14-6-4-12-2;1-3-2/h3-10H2,1-2H3;1-2H3. The number of hydrogen-bond donors (Lipinski definition) is 0. The molecule has 0 aliphatic carbocycles. The SMILES string of the molecule is CSC.CSCCSCCSCCSCCSC. The average Bonchev–Trinajstić information content (AvgIpc) is 2.37. The molecule has 0 atom stereocenters. The van der Waals surface area contributed by atoms with Crippen molar-refractivity contribution in [2.24, 2.45) is 0 Å². The van der Waals surface area contributed by atoms with Crippen LogP contribution in [0.2, 0.25) is 0 Å². The van der Waals surface area contributed by atoms with Gasteiger partial charge in [-0.15, -0.1) is 0 Å². The van der Waals surface area contributed by atoms with Crippen LogP contribution in [0.4, 0.5) is 0 Å². The molecule has 0 aromatic carbocycles. The summed E-state index contributed by atoms with van der Waals surface area (Å²) >= 11 is 12.0. The van der Waals surface area contributed by atoms with Crippen LogP contribution in [-0.2, 0) is 0 Å². The molecule has 0 radical (unpaired) electrons. The van der Waals surface area contributed by atoms with Crippen molar-refractivity contribution in [3.8, 4) is 0 Å². The molecule has 0 spiro atoms. The van der Waals surface area contributed by atoms with Gasteiger partial charge in [0.15, 0.2) is 0 Å². The Bertz CT molecular complexity index is 111. The first kappa shape index (κ1) is 22.4. The van der Waals surface area contributed by atoms with Crippen LogP contribution in [-0.4, -0.2) is 71.0 Å². The first-order valence-corrected chi connectivity index (χ1v) is 13.8. The van der Waals surface area contributed by atoms with E-state index in [0.717, 1.165) is 0 Å². The molecule has 112 valence electrons. The van der Waals surface area contributed by atoms with Gasteiger partial charge in [-0.3, -0.25) is 0 Å². The van der Waals surface area contributed by atoms with E-state index in [-0.39, 0.29) is 0 Å². The molecule has 0 aromatic rings. The van der Waals surface area contributed by atoms with Crippen LogP contribution in [0, 0.1) is 0 Å². The van der Waals surface area contributed by atoms with Gasteiger partial charge in [0.25, 0.3) is 0 Å². The zero-order valence-corrected chi connectivity index (χ0v) is 17.0. The van der Waals surface area contributed by atoms with E-state index in [2.05, 4.69) is 47.8 Å². The summed E-state index contributed by atoms with van der Waals surface area (Å²) < 4.78 is 0. The maximum atomic E-state index is 2.18. The molecule has 6 heteroatoms. The third kappa shape index (κ3) is 26.6. The summed E-state index contributed by atoms with van der Waals surface area (Å²) in [5.41, 5.74) is 0. The van der Waals surface area contributed by atoms with Crippen LogP contribution >= 0.6 is 70.6 Å². The lowest BCUT2D eigenvalue weighted by atomic mass is 10.9. The van der Waals surface area contributed by atoms with Crippen LogP contribution in [0.5, 0.6) is 0 Å². The van der Waals surface area contributed by atoms with Gasteiger partial charge in [-0.2, -0.15) is 70.6 Å². The summed E-state index contributed by atoms with van der Waals surface area (Å²) in [7, 11) is 0. The molecule has 0 saturated heterocycles. The van der Waals surface area contributed by atoms with E-state index >= 15 is 0 Å². The van der Waals surface area contributed by atoms with E-state index in [4.69, 9.17) is 0 Å². The predicted octanol–water partition coefficient (Wildman–Crippen LogP) is 4.89. The van der Waals surface area contributed by atoms with E-state index in [9.17, 15) is 0 Å². The Morgan fingerprint density at radius 2 is 0.667 bits per heavy atom.